The fourth-order valence-corrected chi connectivity index (χ4v) is 3.03. The number of amides is 1. The summed E-state index contributed by atoms with van der Waals surface area (Å²) in [7, 11) is 0. The summed E-state index contributed by atoms with van der Waals surface area (Å²) in [5.41, 5.74) is 4.80. The Morgan fingerprint density at radius 2 is 1.73 bits per heavy atom. The highest BCUT2D eigenvalue weighted by atomic mass is 32.1. The minimum atomic E-state index is 0.0379. The van der Waals surface area contributed by atoms with E-state index in [1.807, 2.05) is 43.0 Å². The Morgan fingerprint density at radius 3 is 2.42 bits per heavy atom. The Hall–Kier alpha value is -2.44. The quantitative estimate of drug-likeness (QED) is 0.810. The number of carbonyl (C=O) groups is 1. The van der Waals surface area contributed by atoms with E-state index in [-0.39, 0.29) is 5.91 Å². The van der Waals surface area contributed by atoms with Crippen LogP contribution < -0.4 is 10.6 Å². The number of nitrogens with zero attached hydrogens (tertiary/aromatic N) is 1. The number of hydrogen-bond donors (Lipinski definition) is 2. The molecule has 2 aromatic carbocycles. The summed E-state index contributed by atoms with van der Waals surface area (Å²) in [6.45, 7) is 6.57. The smallest absolute Gasteiger partial charge is 0.254 e. The van der Waals surface area contributed by atoms with Crippen molar-refractivity contribution < 1.29 is 9.53 Å². The molecule has 1 amide bonds. The van der Waals surface area contributed by atoms with Crippen LogP contribution in [0.25, 0.3) is 0 Å². The highest BCUT2D eigenvalue weighted by molar-refractivity contribution is 7.80. The topological polar surface area (TPSA) is 53.6 Å². The zero-order chi connectivity index (χ0) is 18.5. The second-order valence-corrected chi connectivity index (χ2v) is 6.79. The van der Waals surface area contributed by atoms with E-state index in [4.69, 9.17) is 17.0 Å². The SMILES string of the molecule is Cc1ccc(C)c(NC(=S)Nc2ccc(C(=O)N3CCOCC3)cc2)c1. The Labute approximate surface area is 159 Å². The number of morpholine rings is 1. The first-order valence-electron chi connectivity index (χ1n) is 8.65. The number of benzene rings is 2. The summed E-state index contributed by atoms with van der Waals surface area (Å²) >= 11 is 5.40. The lowest BCUT2D eigenvalue weighted by atomic mass is 10.1. The number of anilines is 2. The molecule has 6 heteroatoms. The van der Waals surface area contributed by atoms with Crippen LogP contribution in [-0.2, 0) is 4.74 Å². The van der Waals surface area contributed by atoms with Gasteiger partial charge in [-0.25, -0.2) is 0 Å². The first kappa shape index (κ1) is 18.4. The summed E-state index contributed by atoms with van der Waals surface area (Å²) < 4.78 is 5.29. The van der Waals surface area contributed by atoms with Crippen LogP contribution in [0.4, 0.5) is 11.4 Å². The Balaban J connectivity index is 1.60. The molecule has 0 spiro atoms. The van der Waals surface area contributed by atoms with Gasteiger partial charge in [-0.1, -0.05) is 12.1 Å². The van der Waals surface area contributed by atoms with Gasteiger partial charge in [0, 0.05) is 30.0 Å². The van der Waals surface area contributed by atoms with Crippen molar-refractivity contribution in [3.63, 3.8) is 0 Å². The third kappa shape index (κ3) is 4.59. The van der Waals surface area contributed by atoms with E-state index in [0.717, 1.165) is 16.9 Å². The van der Waals surface area contributed by atoms with E-state index >= 15 is 0 Å². The predicted molar refractivity (Wildman–Crippen MR) is 109 cm³/mol. The Morgan fingerprint density at radius 1 is 1.04 bits per heavy atom. The molecule has 0 unspecified atom stereocenters. The second-order valence-electron chi connectivity index (χ2n) is 6.38. The minimum absolute atomic E-state index is 0.0379. The highest BCUT2D eigenvalue weighted by Crippen LogP contribution is 2.18. The average Bonchev–Trinajstić information content (AvgIpc) is 2.65. The zero-order valence-electron chi connectivity index (χ0n) is 15.0. The molecule has 136 valence electrons. The summed E-state index contributed by atoms with van der Waals surface area (Å²) in [6, 6.07) is 13.6. The molecule has 3 rings (SSSR count). The molecule has 1 aliphatic heterocycles. The molecule has 1 saturated heterocycles. The van der Waals surface area contributed by atoms with Gasteiger partial charge in [0.1, 0.15) is 0 Å². The van der Waals surface area contributed by atoms with Gasteiger partial charge < -0.3 is 20.3 Å². The minimum Gasteiger partial charge on any atom is -0.378 e. The van der Waals surface area contributed by atoms with Crippen LogP contribution in [0.3, 0.4) is 0 Å². The highest BCUT2D eigenvalue weighted by Gasteiger charge is 2.18. The van der Waals surface area contributed by atoms with Crippen LogP contribution in [-0.4, -0.2) is 42.2 Å². The first-order valence-corrected chi connectivity index (χ1v) is 9.06. The van der Waals surface area contributed by atoms with Gasteiger partial charge in [0.25, 0.3) is 5.91 Å². The van der Waals surface area contributed by atoms with Gasteiger partial charge in [-0.05, 0) is 67.5 Å². The lowest BCUT2D eigenvalue weighted by Gasteiger charge is -2.26. The molecule has 0 atom stereocenters. The summed E-state index contributed by atoms with van der Waals surface area (Å²) in [4.78, 5) is 14.3. The Kier molecular flexibility index (Phi) is 5.85. The number of nitrogens with one attached hydrogen (secondary N) is 2. The van der Waals surface area contributed by atoms with Crippen molar-refractivity contribution >= 4 is 34.6 Å². The van der Waals surface area contributed by atoms with Gasteiger partial charge >= 0.3 is 0 Å². The van der Waals surface area contributed by atoms with Crippen molar-refractivity contribution in [2.24, 2.45) is 0 Å². The summed E-state index contributed by atoms with van der Waals surface area (Å²) in [5.74, 6) is 0.0379. The molecular formula is C20H23N3O2S. The number of aryl methyl sites for hydroxylation is 2. The van der Waals surface area contributed by atoms with Gasteiger partial charge in [0.15, 0.2) is 5.11 Å². The van der Waals surface area contributed by atoms with Crippen molar-refractivity contribution in [3.8, 4) is 0 Å². The van der Waals surface area contributed by atoms with Crippen LogP contribution in [0.2, 0.25) is 0 Å². The average molecular weight is 369 g/mol. The van der Waals surface area contributed by atoms with Crippen molar-refractivity contribution in [1.29, 1.82) is 0 Å². The third-order valence-corrected chi connectivity index (χ3v) is 4.53. The van der Waals surface area contributed by atoms with Gasteiger partial charge in [0.05, 0.1) is 13.2 Å². The van der Waals surface area contributed by atoms with E-state index in [2.05, 4.69) is 28.8 Å². The van der Waals surface area contributed by atoms with Crippen molar-refractivity contribution in [1.82, 2.24) is 4.90 Å². The number of ether oxygens (including phenoxy) is 1. The number of thiocarbonyl (C=S) groups is 1. The molecule has 1 fully saturated rings. The van der Waals surface area contributed by atoms with Gasteiger partial charge in [0.2, 0.25) is 0 Å². The number of hydrogen-bond acceptors (Lipinski definition) is 3. The Bertz CT molecular complexity index is 799. The molecule has 1 aliphatic rings. The molecule has 0 saturated carbocycles. The fraction of sp³-hybridized carbons (Fsp3) is 0.300. The van der Waals surface area contributed by atoms with E-state index in [9.17, 15) is 4.79 Å². The van der Waals surface area contributed by atoms with Crippen LogP contribution >= 0.6 is 12.2 Å². The number of rotatable bonds is 3. The monoisotopic (exact) mass is 369 g/mol. The molecule has 0 radical (unpaired) electrons. The third-order valence-electron chi connectivity index (χ3n) is 4.33. The van der Waals surface area contributed by atoms with E-state index < -0.39 is 0 Å². The van der Waals surface area contributed by atoms with Crippen LogP contribution in [0, 0.1) is 13.8 Å². The van der Waals surface area contributed by atoms with Crippen LogP contribution in [0.15, 0.2) is 42.5 Å². The molecule has 2 aromatic rings. The van der Waals surface area contributed by atoms with Crippen molar-refractivity contribution in [2.75, 3.05) is 36.9 Å². The lowest BCUT2D eigenvalue weighted by Crippen LogP contribution is -2.40. The molecule has 0 bridgehead atoms. The second kappa shape index (κ2) is 8.29. The van der Waals surface area contributed by atoms with Crippen molar-refractivity contribution in [2.45, 2.75) is 13.8 Å². The molecule has 1 heterocycles. The maximum absolute atomic E-state index is 12.5. The zero-order valence-corrected chi connectivity index (χ0v) is 15.9. The summed E-state index contributed by atoms with van der Waals surface area (Å²) in [5, 5.41) is 6.90. The largest absolute Gasteiger partial charge is 0.378 e. The summed E-state index contributed by atoms with van der Waals surface area (Å²) in [6.07, 6.45) is 0. The molecule has 5 nitrogen and oxygen atoms in total. The van der Waals surface area contributed by atoms with Gasteiger partial charge in [-0.3, -0.25) is 4.79 Å². The van der Waals surface area contributed by atoms with Crippen molar-refractivity contribution in [3.05, 3.63) is 59.2 Å². The maximum atomic E-state index is 12.5. The normalized spacial score (nSPS) is 14.0. The van der Waals surface area contributed by atoms with Crippen LogP contribution in [0.1, 0.15) is 21.5 Å². The molecule has 0 aromatic heterocycles. The van der Waals surface area contributed by atoms with E-state index in [0.29, 0.717) is 37.0 Å². The fourth-order valence-electron chi connectivity index (χ4n) is 2.80. The first-order chi connectivity index (χ1) is 12.5. The van der Waals surface area contributed by atoms with Crippen LogP contribution in [0.5, 0.6) is 0 Å². The van der Waals surface area contributed by atoms with E-state index in [1.165, 1.54) is 5.56 Å². The molecule has 2 N–H and O–H groups in total. The maximum Gasteiger partial charge on any atom is 0.254 e. The van der Waals surface area contributed by atoms with Gasteiger partial charge in [-0.2, -0.15) is 0 Å². The molecule has 26 heavy (non-hydrogen) atoms. The lowest BCUT2D eigenvalue weighted by molar-refractivity contribution is 0.0303. The standard InChI is InChI=1S/C20H23N3O2S/c1-14-3-4-15(2)18(13-14)22-20(26)21-17-7-5-16(6-8-17)19(24)23-9-11-25-12-10-23/h3-8,13H,9-12H2,1-2H3,(H2,21,22,26). The van der Waals surface area contributed by atoms with E-state index in [1.54, 1.807) is 0 Å². The van der Waals surface area contributed by atoms with Gasteiger partial charge in [-0.15, -0.1) is 0 Å². The predicted octanol–water partition coefficient (Wildman–Crippen LogP) is 3.58. The molecular weight excluding hydrogens is 346 g/mol. The molecule has 0 aliphatic carbocycles. The number of carbonyl (C=O) groups excluding carboxylic acids is 1.